The topological polar surface area (TPSA) is 33.0 Å². The zero-order valence-electron chi connectivity index (χ0n) is 10.2. The predicted octanol–water partition coefficient (Wildman–Crippen LogP) is 4.44. The van der Waals surface area contributed by atoms with Gasteiger partial charge >= 0.3 is 0 Å². The van der Waals surface area contributed by atoms with Crippen molar-refractivity contribution in [3.05, 3.63) is 40.1 Å². The van der Waals surface area contributed by atoms with E-state index < -0.39 is 5.82 Å². The van der Waals surface area contributed by atoms with E-state index in [-0.39, 0.29) is 17.9 Å². The maximum Gasteiger partial charge on any atom is 0.145 e. The summed E-state index contributed by atoms with van der Waals surface area (Å²) in [5.41, 5.74) is 0.721. The van der Waals surface area contributed by atoms with Crippen molar-refractivity contribution in [2.45, 2.75) is 20.8 Å². The van der Waals surface area contributed by atoms with E-state index in [4.69, 9.17) is 10.00 Å². The molecule has 92 valence electrons. The quantitative estimate of drug-likeness (QED) is 0.773. The summed E-state index contributed by atoms with van der Waals surface area (Å²) < 4.78 is 19.1. The molecule has 1 aromatic carbocycles. The summed E-state index contributed by atoms with van der Waals surface area (Å²) >= 11 is 3.13. The maximum atomic E-state index is 13.3. The molecule has 0 spiro atoms. The number of nitriles is 1. The summed E-state index contributed by atoms with van der Waals surface area (Å²) in [6.45, 7) is 9.72. The van der Waals surface area contributed by atoms with Crippen LogP contribution in [0.1, 0.15) is 26.3 Å². The molecule has 0 saturated heterocycles. The summed E-state index contributed by atoms with van der Waals surface area (Å²) in [7, 11) is 0. The number of rotatable bonds is 3. The molecule has 2 nitrogen and oxygen atoms in total. The molecule has 0 bridgehead atoms. The second-order valence-electron chi connectivity index (χ2n) is 3.12. The number of ether oxygens (including phenoxy) is 1. The highest BCUT2D eigenvalue weighted by molar-refractivity contribution is 9.10. The molecule has 0 heterocycles. The molecular weight excluding hydrogens is 285 g/mol. The SMILES string of the molecule is C=C(C)COc1cc(Br)cc(F)c1C#N.CC. The van der Waals surface area contributed by atoms with Crippen molar-refractivity contribution in [2.75, 3.05) is 6.61 Å². The van der Waals surface area contributed by atoms with Gasteiger partial charge in [-0.15, -0.1) is 0 Å². The molecule has 0 radical (unpaired) electrons. The Morgan fingerprint density at radius 2 is 2.12 bits per heavy atom. The lowest BCUT2D eigenvalue weighted by Crippen LogP contribution is -2.01. The number of hydrogen-bond acceptors (Lipinski definition) is 2. The monoisotopic (exact) mass is 299 g/mol. The maximum absolute atomic E-state index is 13.3. The summed E-state index contributed by atoms with van der Waals surface area (Å²) in [5.74, 6) is -0.365. The molecule has 0 aromatic heterocycles. The smallest absolute Gasteiger partial charge is 0.145 e. The van der Waals surface area contributed by atoms with Crippen LogP contribution in [-0.2, 0) is 0 Å². The molecule has 0 N–H and O–H groups in total. The van der Waals surface area contributed by atoms with Crippen molar-refractivity contribution in [1.29, 1.82) is 5.26 Å². The Morgan fingerprint density at radius 1 is 1.53 bits per heavy atom. The van der Waals surface area contributed by atoms with Crippen LogP contribution in [0.4, 0.5) is 4.39 Å². The van der Waals surface area contributed by atoms with E-state index in [1.54, 1.807) is 19.1 Å². The second-order valence-corrected chi connectivity index (χ2v) is 4.03. The normalized spacial score (nSPS) is 8.71. The van der Waals surface area contributed by atoms with Crippen LogP contribution < -0.4 is 4.74 Å². The Hall–Kier alpha value is -1.34. The van der Waals surface area contributed by atoms with Crippen LogP contribution in [0.5, 0.6) is 5.75 Å². The highest BCUT2D eigenvalue weighted by Crippen LogP contribution is 2.26. The summed E-state index contributed by atoms with van der Waals surface area (Å²) in [4.78, 5) is 0. The molecular formula is C13H15BrFNO. The lowest BCUT2D eigenvalue weighted by atomic mass is 10.2. The predicted molar refractivity (Wildman–Crippen MR) is 70.5 cm³/mol. The van der Waals surface area contributed by atoms with Gasteiger partial charge in [0.25, 0.3) is 0 Å². The molecule has 1 aromatic rings. The second kappa shape index (κ2) is 7.86. The molecule has 1 rings (SSSR count). The van der Waals surface area contributed by atoms with Crippen LogP contribution >= 0.6 is 15.9 Å². The van der Waals surface area contributed by atoms with E-state index in [1.807, 2.05) is 13.8 Å². The Labute approximate surface area is 110 Å². The molecule has 0 fully saturated rings. The van der Waals surface area contributed by atoms with E-state index >= 15 is 0 Å². The molecule has 17 heavy (non-hydrogen) atoms. The summed E-state index contributed by atoms with van der Waals surface area (Å²) in [6.07, 6.45) is 0. The zero-order chi connectivity index (χ0) is 13.4. The Balaban J connectivity index is 0.00000121. The average molecular weight is 300 g/mol. The molecule has 0 aliphatic carbocycles. The average Bonchev–Trinajstić information content (AvgIpc) is 2.28. The fraction of sp³-hybridized carbons (Fsp3) is 0.308. The van der Waals surface area contributed by atoms with Crippen molar-refractivity contribution < 1.29 is 9.13 Å². The van der Waals surface area contributed by atoms with Gasteiger partial charge in [0.15, 0.2) is 0 Å². The minimum atomic E-state index is -0.594. The minimum Gasteiger partial charge on any atom is -0.488 e. The van der Waals surface area contributed by atoms with E-state index in [0.717, 1.165) is 5.57 Å². The van der Waals surface area contributed by atoms with Crippen molar-refractivity contribution in [2.24, 2.45) is 0 Å². The van der Waals surface area contributed by atoms with E-state index in [9.17, 15) is 4.39 Å². The lowest BCUT2D eigenvalue weighted by Gasteiger charge is -2.08. The van der Waals surface area contributed by atoms with Gasteiger partial charge in [-0.05, 0) is 24.6 Å². The van der Waals surface area contributed by atoms with E-state index in [1.165, 1.54) is 6.07 Å². The molecule has 0 unspecified atom stereocenters. The van der Waals surface area contributed by atoms with Crippen LogP contribution in [0.25, 0.3) is 0 Å². The third kappa shape index (κ3) is 5.01. The fourth-order valence-corrected chi connectivity index (χ4v) is 1.38. The van der Waals surface area contributed by atoms with Crippen molar-refractivity contribution in [3.63, 3.8) is 0 Å². The van der Waals surface area contributed by atoms with Gasteiger partial charge in [0, 0.05) is 4.47 Å². The van der Waals surface area contributed by atoms with Gasteiger partial charge in [-0.3, -0.25) is 0 Å². The van der Waals surface area contributed by atoms with Gasteiger partial charge in [0.1, 0.15) is 29.8 Å². The van der Waals surface area contributed by atoms with Crippen LogP contribution in [0.15, 0.2) is 28.8 Å². The number of hydrogen-bond donors (Lipinski definition) is 0. The fourth-order valence-electron chi connectivity index (χ4n) is 0.973. The largest absolute Gasteiger partial charge is 0.488 e. The Bertz CT molecular complexity index is 438. The number of halogens is 2. The van der Waals surface area contributed by atoms with Crippen molar-refractivity contribution in [1.82, 2.24) is 0 Å². The van der Waals surface area contributed by atoms with Gasteiger partial charge in [-0.1, -0.05) is 36.4 Å². The third-order valence-electron chi connectivity index (χ3n) is 1.60. The molecule has 0 aliphatic rings. The van der Waals surface area contributed by atoms with Gasteiger partial charge in [0.05, 0.1) is 0 Å². The number of nitrogens with zero attached hydrogens (tertiary/aromatic N) is 1. The standard InChI is InChI=1S/C11H9BrFNO.C2H6/c1-7(2)6-15-11-4-8(12)3-10(13)9(11)5-14;1-2/h3-4H,1,6H2,2H3;1-2H3. The van der Waals surface area contributed by atoms with Crippen LogP contribution in [0.2, 0.25) is 0 Å². The van der Waals surface area contributed by atoms with Crippen LogP contribution in [0.3, 0.4) is 0 Å². The van der Waals surface area contributed by atoms with Crippen LogP contribution in [-0.4, -0.2) is 6.61 Å². The molecule has 0 atom stereocenters. The molecule has 0 saturated carbocycles. The summed E-state index contributed by atoms with van der Waals surface area (Å²) in [6, 6.07) is 4.55. The lowest BCUT2D eigenvalue weighted by molar-refractivity contribution is 0.349. The van der Waals surface area contributed by atoms with Gasteiger partial charge in [-0.2, -0.15) is 5.26 Å². The van der Waals surface area contributed by atoms with E-state index in [0.29, 0.717) is 4.47 Å². The van der Waals surface area contributed by atoms with Gasteiger partial charge in [0.2, 0.25) is 0 Å². The number of benzene rings is 1. The van der Waals surface area contributed by atoms with Gasteiger partial charge in [-0.25, -0.2) is 4.39 Å². The molecule has 4 heteroatoms. The van der Waals surface area contributed by atoms with Gasteiger partial charge < -0.3 is 4.74 Å². The van der Waals surface area contributed by atoms with E-state index in [2.05, 4.69) is 22.5 Å². The highest BCUT2D eigenvalue weighted by atomic mass is 79.9. The highest BCUT2D eigenvalue weighted by Gasteiger charge is 2.11. The zero-order valence-corrected chi connectivity index (χ0v) is 11.8. The first-order chi connectivity index (χ1) is 8.04. The Kier molecular flexibility index (Phi) is 7.24. The first-order valence-electron chi connectivity index (χ1n) is 5.21. The minimum absolute atomic E-state index is 0.0838. The summed E-state index contributed by atoms with van der Waals surface area (Å²) in [5, 5.41) is 8.75. The van der Waals surface area contributed by atoms with Crippen molar-refractivity contribution in [3.8, 4) is 11.8 Å². The van der Waals surface area contributed by atoms with Crippen LogP contribution in [0, 0.1) is 17.1 Å². The third-order valence-corrected chi connectivity index (χ3v) is 2.06. The molecule has 0 aliphatic heterocycles. The Morgan fingerprint density at radius 3 is 2.59 bits per heavy atom. The first kappa shape index (κ1) is 15.7. The molecule has 0 amide bonds. The van der Waals surface area contributed by atoms with Crippen molar-refractivity contribution >= 4 is 15.9 Å². The first-order valence-corrected chi connectivity index (χ1v) is 6.00.